The van der Waals surface area contributed by atoms with Gasteiger partial charge in [0.05, 0.1) is 38.3 Å². The van der Waals surface area contributed by atoms with E-state index >= 15 is 0 Å². The minimum atomic E-state index is -1.05. The molecule has 148 valence electrons. The van der Waals surface area contributed by atoms with Gasteiger partial charge < -0.3 is 19.5 Å². The summed E-state index contributed by atoms with van der Waals surface area (Å²) in [7, 11) is 0. The molecule has 2 saturated heterocycles. The van der Waals surface area contributed by atoms with Crippen LogP contribution >= 0.6 is 0 Å². The number of aromatic amines is 1. The summed E-state index contributed by atoms with van der Waals surface area (Å²) in [5.41, 5.74) is 0.456. The molecule has 2 atom stereocenters. The molecule has 0 amide bonds. The van der Waals surface area contributed by atoms with Crippen molar-refractivity contribution in [1.29, 1.82) is 0 Å². The Bertz CT molecular complexity index is 964. The maximum absolute atomic E-state index is 11.4. The van der Waals surface area contributed by atoms with Gasteiger partial charge in [-0.2, -0.15) is 14.9 Å². The minimum Gasteiger partial charge on any atom is -0.383 e. The van der Waals surface area contributed by atoms with Gasteiger partial charge in [0.2, 0.25) is 0 Å². The van der Waals surface area contributed by atoms with E-state index in [1.807, 2.05) is 12.1 Å². The minimum absolute atomic E-state index is 0.201. The first-order chi connectivity index (χ1) is 13.7. The Hall–Kier alpha value is -2.49. The number of morpholine rings is 1. The molecule has 9 heteroatoms. The van der Waals surface area contributed by atoms with Crippen LogP contribution in [-0.4, -0.2) is 69.1 Å². The number of anilines is 1. The second kappa shape index (κ2) is 6.84. The fourth-order valence-electron chi connectivity index (χ4n) is 4.12. The quantitative estimate of drug-likeness (QED) is 0.703. The van der Waals surface area contributed by atoms with Crippen molar-refractivity contribution in [2.75, 3.05) is 37.9 Å². The molecule has 28 heavy (non-hydrogen) atoms. The molecule has 0 aliphatic carbocycles. The Morgan fingerprint density at radius 1 is 1.32 bits per heavy atom. The fourth-order valence-corrected chi connectivity index (χ4v) is 4.12. The van der Waals surface area contributed by atoms with Crippen molar-refractivity contribution >= 4 is 16.9 Å². The number of ether oxygens (including phenoxy) is 2. The summed E-state index contributed by atoms with van der Waals surface area (Å²) in [6, 6.07) is 4.04. The summed E-state index contributed by atoms with van der Waals surface area (Å²) in [4.78, 5) is 7.15. The van der Waals surface area contributed by atoms with Crippen molar-refractivity contribution in [3.05, 3.63) is 30.1 Å². The molecule has 2 N–H and O–H groups in total. The van der Waals surface area contributed by atoms with Gasteiger partial charge >= 0.3 is 0 Å². The van der Waals surface area contributed by atoms with Crippen LogP contribution in [0.2, 0.25) is 0 Å². The summed E-state index contributed by atoms with van der Waals surface area (Å²) in [5.74, 6) is 1.55. The largest absolute Gasteiger partial charge is 0.383 e. The second-order valence-corrected chi connectivity index (χ2v) is 7.57. The zero-order valence-corrected chi connectivity index (χ0v) is 15.8. The first-order valence-electron chi connectivity index (χ1n) is 9.69. The molecule has 2 aliphatic rings. The van der Waals surface area contributed by atoms with Crippen molar-refractivity contribution in [2.24, 2.45) is 0 Å². The molecule has 2 aliphatic heterocycles. The number of hydrogen-bond donors (Lipinski definition) is 2. The number of fused-ring (bicyclic) bond motifs is 1. The van der Waals surface area contributed by atoms with Crippen molar-refractivity contribution in [3.63, 3.8) is 0 Å². The highest BCUT2D eigenvalue weighted by Crippen LogP contribution is 2.37. The number of H-pyrrole nitrogens is 1. The summed E-state index contributed by atoms with van der Waals surface area (Å²) < 4.78 is 12.9. The lowest BCUT2D eigenvalue weighted by Gasteiger charge is -2.36. The first-order valence-corrected chi connectivity index (χ1v) is 9.69. The maximum Gasteiger partial charge on any atom is 0.167 e. The van der Waals surface area contributed by atoms with Crippen LogP contribution in [0.25, 0.3) is 16.9 Å². The smallest absolute Gasteiger partial charge is 0.167 e. The fraction of sp³-hybridized carbons (Fsp3) is 0.526. The zero-order chi connectivity index (χ0) is 19.1. The van der Waals surface area contributed by atoms with Crippen molar-refractivity contribution in [1.82, 2.24) is 25.0 Å². The molecule has 0 spiro atoms. The standard InChI is InChI=1S/C19H24N6O3/c1-13-11-27-8-6-24(13)17-9-15(19(26)4-2-7-28-12-19)14-10-21-25(18(14)22-17)16-3-5-20-23-16/h3,5,9-10,13,26H,2,4,6-8,11-12H2,1H3,(H,20,23)/t13-,19-/m1/s1. The van der Waals surface area contributed by atoms with Gasteiger partial charge in [-0.15, -0.1) is 0 Å². The highest BCUT2D eigenvalue weighted by atomic mass is 16.5. The van der Waals surface area contributed by atoms with E-state index < -0.39 is 5.60 Å². The van der Waals surface area contributed by atoms with Crippen molar-refractivity contribution < 1.29 is 14.6 Å². The summed E-state index contributed by atoms with van der Waals surface area (Å²) in [6.45, 7) is 5.15. The Balaban J connectivity index is 1.70. The molecule has 0 aromatic carbocycles. The zero-order valence-electron chi connectivity index (χ0n) is 15.8. The van der Waals surface area contributed by atoms with E-state index in [4.69, 9.17) is 14.5 Å². The van der Waals surface area contributed by atoms with Crippen molar-refractivity contribution in [2.45, 2.75) is 31.4 Å². The number of pyridine rings is 1. The predicted octanol–water partition coefficient (Wildman–Crippen LogP) is 1.37. The Morgan fingerprint density at radius 2 is 2.25 bits per heavy atom. The van der Waals surface area contributed by atoms with Crippen LogP contribution in [0.4, 0.5) is 5.82 Å². The van der Waals surface area contributed by atoms with Crippen molar-refractivity contribution in [3.8, 4) is 5.82 Å². The number of hydrogen-bond acceptors (Lipinski definition) is 7. The SMILES string of the molecule is C[C@@H]1COCCN1c1cc([C@@]2(O)CCCOC2)c2cnn(-c3ccn[nH]3)c2n1. The van der Waals surface area contributed by atoms with E-state index in [1.54, 1.807) is 17.1 Å². The number of aliphatic hydroxyl groups is 1. The van der Waals surface area contributed by atoms with Crippen LogP contribution in [0, 0.1) is 0 Å². The van der Waals surface area contributed by atoms with E-state index in [0.29, 0.717) is 31.9 Å². The normalized spacial score (nSPS) is 26.1. The topological polar surface area (TPSA) is 101 Å². The van der Waals surface area contributed by atoms with Gasteiger partial charge in [-0.25, -0.2) is 4.98 Å². The van der Waals surface area contributed by atoms with Crippen LogP contribution in [0.1, 0.15) is 25.3 Å². The third-order valence-electron chi connectivity index (χ3n) is 5.63. The van der Waals surface area contributed by atoms with Gasteiger partial charge in [0.25, 0.3) is 0 Å². The van der Waals surface area contributed by atoms with Crippen LogP contribution < -0.4 is 4.90 Å². The molecule has 9 nitrogen and oxygen atoms in total. The number of nitrogens with zero attached hydrogens (tertiary/aromatic N) is 5. The van der Waals surface area contributed by atoms with Gasteiger partial charge in [0.15, 0.2) is 11.5 Å². The van der Waals surface area contributed by atoms with Crippen LogP contribution in [0.3, 0.4) is 0 Å². The molecule has 3 aromatic heterocycles. The molecule has 5 heterocycles. The molecule has 0 unspecified atom stereocenters. The molecule has 0 bridgehead atoms. The van der Waals surface area contributed by atoms with Crippen LogP contribution in [0.15, 0.2) is 24.5 Å². The molecule has 5 rings (SSSR count). The second-order valence-electron chi connectivity index (χ2n) is 7.57. The molecule has 0 radical (unpaired) electrons. The number of nitrogens with one attached hydrogen (secondary N) is 1. The van der Waals surface area contributed by atoms with E-state index in [-0.39, 0.29) is 12.6 Å². The lowest BCUT2D eigenvalue weighted by atomic mass is 9.87. The predicted molar refractivity (Wildman–Crippen MR) is 103 cm³/mol. The van der Waals surface area contributed by atoms with Gasteiger partial charge in [-0.05, 0) is 25.8 Å². The lowest BCUT2D eigenvalue weighted by molar-refractivity contribution is -0.0894. The van der Waals surface area contributed by atoms with Gasteiger partial charge in [-0.1, -0.05) is 0 Å². The molecule has 3 aromatic rings. The monoisotopic (exact) mass is 384 g/mol. The highest BCUT2D eigenvalue weighted by Gasteiger charge is 2.36. The third kappa shape index (κ3) is 2.86. The Labute approximate surface area is 162 Å². The van der Waals surface area contributed by atoms with Crippen LogP contribution in [-0.2, 0) is 15.1 Å². The molecular formula is C19H24N6O3. The lowest BCUT2D eigenvalue weighted by Crippen LogP contribution is -2.44. The summed E-state index contributed by atoms with van der Waals surface area (Å²) >= 11 is 0. The van der Waals surface area contributed by atoms with E-state index in [0.717, 1.165) is 35.6 Å². The number of aromatic nitrogens is 5. The van der Waals surface area contributed by atoms with E-state index in [9.17, 15) is 5.11 Å². The van der Waals surface area contributed by atoms with Gasteiger partial charge in [0, 0.05) is 30.2 Å². The summed E-state index contributed by atoms with van der Waals surface area (Å²) in [5, 5.41) is 23.7. The highest BCUT2D eigenvalue weighted by molar-refractivity contribution is 5.83. The van der Waals surface area contributed by atoms with E-state index in [1.165, 1.54) is 0 Å². The van der Waals surface area contributed by atoms with E-state index in [2.05, 4.69) is 27.1 Å². The van der Waals surface area contributed by atoms with Gasteiger partial charge in [0.1, 0.15) is 11.4 Å². The average molecular weight is 384 g/mol. The van der Waals surface area contributed by atoms with Gasteiger partial charge in [-0.3, -0.25) is 5.10 Å². The molecule has 0 saturated carbocycles. The number of rotatable bonds is 3. The average Bonchev–Trinajstić information content (AvgIpc) is 3.37. The third-order valence-corrected chi connectivity index (χ3v) is 5.63. The van der Waals surface area contributed by atoms with Crippen LogP contribution in [0.5, 0.6) is 0 Å². The molecular weight excluding hydrogens is 360 g/mol. The summed E-state index contributed by atoms with van der Waals surface area (Å²) in [6.07, 6.45) is 4.91. The maximum atomic E-state index is 11.4. The first kappa shape index (κ1) is 17.6. The Kier molecular flexibility index (Phi) is 4.30. The Morgan fingerprint density at radius 3 is 3.00 bits per heavy atom. The molecule has 2 fully saturated rings.